The summed E-state index contributed by atoms with van der Waals surface area (Å²) in [6.07, 6.45) is 13.2. The van der Waals surface area contributed by atoms with Gasteiger partial charge in [-0.1, -0.05) is 93.4 Å². The van der Waals surface area contributed by atoms with Crippen molar-refractivity contribution in [3.05, 3.63) is 0 Å². The molecule has 3 atom stereocenters. The van der Waals surface area contributed by atoms with Crippen LogP contribution in [0, 0.1) is 29.6 Å². The van der Waals surface area contributed by atoms with Crippen LogP contribution in [-0.2, 0) is 0 Å². The lowest BCUT2D eigenvalue weighted by Crippen LogP contribution is -2.25. The molecule has 2 saturated carbocycles. The van der Waals surface area contributed by atoms with Crippen molar-refractivity contribution in [1.82, 2.24) is 0 Å². The Morgan fingerprint density at radius 1 is 0.762 bits per heavy atom. The highest BCUT2D eigenvalue weighted by Crippen LogP contribution is 2.39. The van der Waals surface area contributed by atoms with Gasteiger partial charge in [-0.05, 0) is 42.4 Å². The maximum absolute atomic E-state index is 2.44. The Bertz CT molecular complexity index is 210. The number of hydrogen-bond donors (Lipinski definition) is 0. The third kappa shape index (κ3) is 8.27. The van der Waals surface area contributed by atoms with E-state index in [1.165, 1.54) is 57.8 Å². The van der Waals surface area contributed by atoms with Gasteiger partial charge in [0.25, 0.3) is 0 Å². The van der Waals surface area contributed by atoms with E-state index in [1.54, 1.807) is 0 Å². The first-order valence-corrected chi connectivity index (χ1v) is 10.1. The molecule has 2 fully saturated rings. The smallest absolute Gasteiger partial charge is 0.0383 e. The average molecular weight is 297 g/mol. The predicted octanol–water partition coefficient (Wildman–Crippen LogP) is 7.72. The zero-order valence-corrected chi connectivity index (χ0v) is 16.3. The minimum atomic E-state index is 0.972. The van der Waals surface area contributed by atoms with Gasteiger partial charge in [0.15, 0.2) is 0 Å². The summed E-state index contributed by atoms with van der Waals surface area (Å²) in [4.78, 5) is 0. The number of hydrogen-bond acceptors (Lipinski definition) is 0. The quantitative estimate of drug-likeness (QED) is 0.500. The van der Waals surface area contributed by atoms with Crippen LogP contribution >= 0.6 is 0 Å². The molecule has 2 aliphatic rings. The zero-order chi connectivity index (χ0) is 16.3. The third-order valence-corrected chi connectivity index (χ3v) is 6.00. The van der Waals surface area contributed by atoms with Gasteiger partial charge >= 0.3 is 0 Å². The van der Waals surface area contributed by atoms with Crippen molar-refractivity contribution in [2.24, 2.45) is 29.6 Å². The van der Waals surface area contributed by atoms with E-state index in [0.717, 1.165) is 29.6 Å². The van der Waals surface area contributed by atoms with Crippen LogP contribution in [0.2, 0.25) is 0 Å². The van der Waals surface area contributed by atoms with Gasteiger partial charge in [0.1, 0.15) is 0 Å². The molecule has 0 aromatic carbocycles. The van der Waals surface area contributed by atoms with Crippen LogP contribution in [0.25, 0.3) is 0 Å². The molecule has 0 spiro atoms. The van der Waals surface area contributed by atoms with Gasteiger partial charge in [-0.15, -0.1) is 0 Å². The maximum atomic E-state index is 2.44. The Hall–Kier alpha value is 0. The third-order valence-electron chi connectivity index (χ3n) is 6.00. The molecule has 0 nitrogen and oxygen atoms in total. The van der Waals surface area contributed by atoms with Gasteiger partial charge in [-0.3, -0.25) is 0 Å². The molecule has 0 N–H and O–H groups in total. The largest absolute Gasteiger partial charge is 0.0683 e. The molecule has 0 aromatic rings. The van der Waals surface area contributed by atoms with E-state index in [1.807, 2.05) is 13.8 Å². The van der Waals surface area contributed by atoms with Crippen LogP contribution < -0.4 is 0 Å². The first-order valence-electron chi connectivity index (χ1n) is 10.1. The molecule has 3 unspecified atom stereocenters. The van der Waals surface area contributed by atoms with Crippen LogP contribution in [0.15, 0.2) is 0 Å². The molecular formula is C21H44. The van der Waals surface area contributed by atoms with E-state index in [2.05, 4.69) is 34.6 Å². The highest BCUT2D eigenvalue weighted by Gasteiger charge is 2.28. The van der Waals surface area contributed by atoms with E-state index in [0.29, 0.717) is 0 Å². The second-order valence-electron chi connectivity index (χ2n) is 7.49. The van der Waals surface area contributed by atoms with Crippen molar-refractivity contribution < 1.29 is 0 Å². The fourth-order valence-corrected chi connectivity index (χ4v) is 4.10. The summed E-state index contributed by atoms with van der Waals surface area (Å²) in [5.41, 5.74) is 0. The Morgan fingerprint density at radius 3 is 1.62 bits per heavy atom. The first kappa shape index (κ1) is 21.0. The monoisotopic (exact) mass is 296 g/mol. The Kier molecular flexibility index (Phi) is 12.5. The molecule has 0 heterocycles. The Labute approximate surface area is 136 Å². The maximum Gasteiger partial charge on any atom is -0.0383 e. The van der Waals surface area contributed by atoms with Crippen LogP contribution in [-0.4, -0.2) is 0 Å². The molecule has 0 saturated heterocycles. The lowest BCUT2D eigenvalue weighted by atomic mass is 9.70. The normalized spacial score (nSPS) is 29.4. The summed E-state index contributed by atoms with van der Waals surface area (Å²) in [6, 6.07) is 0. The second-order valence-corrected chi connectivity index (χ2v) is 7.49. The van der Waals surface area contributed by atoms with Crippen LogP contribution in [0.5, 0.6) is 0 Å². The molecule has 0 radical (unpaired) electrons. The van der Waals surface area contributed by atoms with Crippen LogP contribution in [0.3, 0.4) is 0 Å². The molecular weight excluding hydrogens is 252 g/mol. The highest BCUT2D eigenvalue weighted by atomic mass is 14.3. The summed E-state index contributed by atoms with van der Waals surface area (Å²) < 4.78 is 0. The Balaban J connectivity index is 0.000000416. The van der Waals surface area contributed by atoms with Crippen molar-refractivity contribution >= 4 is 0 Å². The summed E-state index contributed by atoms with van der Waals surface area (Å²) in [6.45, 7) is 15.9. The van der Waals surface area contributed by atoms with Gasteiger partial charge in [0, 0.05) is 0 Å². The van der Waals surface area contributed by atoms with E-state index < -0.39 is 0 Å². The van der Waals surface area contributed by atoms with Crippen molar-refractivity contribution in [2.45, 2.75) is 106 Å². The van der Waals surface area contributed by atoms with Crippen molar-refractivity contribution in [2.75, 3.05) is 0 Å². The SMILES string of the molecule is CC.CC1CCCC1.CCC(CC)C1CCC(C)C(C)C1. The molecule has 0 bridgehead atoms. The lowest BCUT2D eigenvalue weighted by Gasteiger charge is -2.36. The molecule has 0 aliphatic heterocycles. The van der Waals surface area contributed by atoms with Gasteiger partial charge in [0.2, 0.25) is 0 Å². The molecule has 0 heteroatoms. The van der Waals surface area contributed by atoms with E-state index in [-0.39, 0.29) is 0 Å². The van der Waals surface area contributed by atoms with Crippen molar-refractivity contribution in [3.63, 3.8) is 0 Å². The number of rotatable bonds is 3. The Morgan fingerprint density at radius 2 is 1.29 bits per heavy atom. The van der Waals surface area contributed by atoms with Gasteiger partial charge in [-0.2, -0.15) is 0 Å². The molecule has 0 aromatic heterocycles. The lowest BCUT2D eigenvalue weighted by molar-refractivity contribution is 0.150. The minimum absolute atomic E-state index is 0.972. The van der Waals surface area contributed by atoms with Gasteiger partial charge in [-0.25, -0.2) is 0 Å². The molecule has 128 valence electrons. The topological polar surface area (TPSA) is 0 Å². The molecule has 21 heavy (non-hydrogen) atoms. The van der Waals surface area contributed by atoms with E-state index in [4.69, 9.17) is 0 Å². The van der Waals surface area contributed by atoms with Gasteiger partial charge < -0.3 is 0 Å². The van der Waals surface area contributed by atoms with Crippen molar-refractivity contribution in [1.29, 1.82) is 0 Å². The zero-order valence-electron chi connectivity index (χ0n) is 16.3. The summed E-state index contributed by atoms with van der Waals surface area (Å²) >= 11 is 0. The summed E-state index contributed by atoms with van der Waals surface area (Å²) in [5, 5.41) is 0. The van der Waals surface area contributed by atoms with E-state index in [9.17, 15) is 0 Å². The fourth-order valence-electron chi connectivity index (χ4n) is 4.10. The van der Waals surface area contributed by atoms with Crippen molar-refractivity contribution in [3.8, 4) is 0 Å². The summed E-state index contributed by atoms with van der Waals surface area (Å²) in [5.74, 6) is 5.05. The first-order chi connectivity index (χ1) is 10.1. The summed E-state index contributed by atoms with van der Waals surface area (Å²) in [7, 11) is 0. The average Bonchev–Trinajstić information content (AvgIpc) is 2.98. The second kappa shape index (κ2) is 12.5. The predicted molar refractivity (Wildman–Crippen MR) is 98.7 cm³/mol. The fraction of sp³-hybridized carbons (Fsp3) is 1.00. The minimum Gasteiger partial charge on any atom is -0.0683 e. The molecule has 2 aliphatic carbocycles. The van der Waals surface area contributed by atoms with Crippen LogP contribution in [0.4, 0.5) is 0 Å². The van der Waals surface area contributed by atoms with E-state index >= 15 is 0 Å². The van der Waals surface area contributed by atoms with Crippen LogP contribution in [0.1, 0.15) is 106 Å². The molecule has 2 rings (SSSR count). The molecule has 0 amide bonds. The van der Waals surface area contributed by atoms with Gasteiger partial charge in [0.05, 0.1) is 0 Å². The highest BCUT2D eigenvalue weighted by molar-refractivity contribution is 4.79. The standard InChI is InChI=1S/C13H26.C6H12.C2H6/c1-5-12(6-2)13-8-7-10(3)11(4)9-13;1-6-4-2-3-5-6;1-2/h10-13H,5-9H2,1-4H3;6H,2-5H2,1H3;1-2H3.